The van der Waals surface area contributed by atoms with Gasteiger partial charge in [0.2, 0.25) is 10.0 Å². The van der Waals surface area contributed by atoms with E-state index in [9.17, 15) is 13.2 Å². The number of sulfonamides is 1. The predicted molar refractivity (Wildman–Crippen MR) is 189 cm³/mol. The molecule has 2 saturated heterocycles. The van der Waals surface area contributed by atoms with Crippen LogP contribution in [0.4, 0.5) is 0 Å². The molecular formula is C37H41N7O5S. The lowest BCUT2D eigenvalue weighted by molar-refractivity contribution is 0.0700. The molecule has 1 amide bonds. The first-order valence-corrected chi connectivity index (χ1v) is 19.0. The molecule has 2 saturated carbocycles. The van der Waals surface area contributed by atoms with E-state index in [1.807, 2.05) is 46.8 Å². The molecule has 2 aliphatic heterocycles. The second-order valence-electron chi connectivity index (χ2n) is 14.2. The SMILES string of the molecule is COc1cc(C(=O)N2CC3CCC2[C@@H]3N)cc2nc(-c3cc4ccc(-c5ccc(S(=O)(=O)N6CCOCC6)cc5)nc4n3CC3CC3)n(C)c12. The van der Waals surface area contributed by atoms with E-state index >= 15 is 0 Å². The summed E-state index contributed by atoms with van der Waals surface area (Å²) >= 11 is 0. The largest absolute Gasteiger partial charge is 0.494 e. The number of pyridine rings is 1. The highest BCUT2D eigenvalue weighted by atomic mass is 32.2. The number of carbonyl (C=O) groups is 1. The standard InChI is InChI=1S/C37H41N7O5S/c1-41-34-29(17-26(19-32(34)48-2)37(45)44-21-25-8-12-30(44)33(25)38)40-36(41)31-18-24-7-11-28(39-35(24)43(31)20-22-3-4-22)23-5-9-27(10-6-23)50(46,47)42-13-15-49-16-14-42/h5-7,9-11,17-19,22,25,30,33H,3-4,8,12-16,20-21,38H2,1-2H3/t25?,30?,33-/m1/s1. The second-order valence-corrected chi connectivity index (χ2v) is 16.2. The average molecular weight is 696 g/mol. The van der Waals surface area contributed by atoms with Gasteiger partial charge in [-0.05, 0) is 80.0 Å². The molecule has 4 fully saturated rings. The molecular weight excluding hydrogens is 655 g/mol. The molecule has 2 aromatic carbocycles. The van der Waals surface area contributed by atoms with Crippen molar-refractivity contribution in [3.63, 3.8) is 0 Å². The molecule has 5 heterocycles. The number of likely N-dealkylation sites (tertiary alicyclic amines) is 1. The smallest absolute Gasteiger partial charge is 0.254 e. The number of piperidine rings is 1. The number of hydrogen-bond donors (Lipinski definition) is 1. The van der Waals surface area contributed by atoms with Crippen LogP contribution < -0.4 is 10.5 Å². The van der Waals surface area contributed by atoms with Crippen LogP contribution in [0, 0.1) is 11.8 Å². The summed E-state index contributed by atoms with van der Waals surface area (Å²) in [6.07, 6.45) is 4.37. The number of rotatable bonds is 8. The van der Waals surface area contributed by atoms with Gasteiger partial charge in [-0.25, -0.2) is 18.4 Å². The summed E-state index contributed by atoms with van der Waals surface area (Å²) < 4.78 is 43.4. The Bertz CT molecular complexity index is 2250. The minimum atomic E-state index is -3.59. The van der Waals surface area contributed by atoms with E-state index in [4.69, 9.17) is 25.2 Å². The molecule has 50 heavy (non-hydrogen) atoms. The first-order chi connectivity index (χ1) is 24.2. The number of carbonyl (C=O) groups excluding carboxylic acids is 1. The van der Waals surface area contributed by atoms with Crippen LogP contribution >= 0.6 is 0 Å². The topological polar surface area (TPSA) is 138 Å². The van der Waals surface area contributed by atoms with Crippen LogP contribution in [0.25, 0.3) is 44.8 Å². The maximum absolute atomic E-state index is 13.8. The lowest BCUT2D eigenvalue weighted by Gasteiger charge is -2.27. The Morgan fingerprint density at radius 1 is 1.00 bits per heavy atom. The van der Waals surface area contributed by atoms with Gasteiger partial charge >= 0.3 is 0 Å². The highest BCUT2D eigenvalue weighted by Crippen LogP contribution is 2.40. The third-order valence-corrected chi connectivity index (χ3v) is 13.1. The Kier molecular flexibility index (Phi) is 7.54. The number of nitrogens with zero attached hydrogens (tertiary/aromatic N) is 6. The lowest BCUT2D eigenvalue weighted by Crippen LogP contribution is -2.41. The van der Waals surface area contributed by atoms with E-state index in [0.29, 0.717) is 61.5 Å². The summed E-state index contributed by atoms with van der Waals surface area (Å²) in [5, 5.41) is 0.992. The highest BCUT2D eigenvalue weighted by Gasteiger charge is 2.47. The van der Waals surface area contributed by atoms with Crippen molar-refractivity contribution in [1.29, 1.82) is 0 Å². The molecule has 3 aromatic heterocycles. The minimum absolute atomic E-state index is 0.0219. The van der Waals surface area contributed by atoms with Crippen molar-refractivity contribution in [2.24, 2.45) is 24.6 Å². The Morgan fingerprint density at radius 2 is 1.78 bits per heavy atom. The van der Waals surface area contributed by atoms with Gasteiger partial charge in [-0.1, -0.05) is 12.1 Å². The van der Waals surface area contributed by atoms with E-state index in [1.165, 1.54) is 17.1 Å². The molecule has 4 aliphatic rings. The molecule has 2 N–H and O–H groups in total. The van der Waals surface area contributed by atoms with Gasteiger partial charge in [0.1, 0.15) is 16.9 Å². The van der Waals surface area contributed by atoms with Gasteiger partial charge in [-0.2, -0.15) is 4.31 Å². The third-order valence-electron chi connectivity index (χ3n) is 11.2. The average Bonchev–Trinajstić information content (AvgIpc) is 3.54. The molecule has 3 atom stereocenters. The number of aromatic nitrogens is 4. The van der Waals surface area contributed by atoms with Crippen molar-refractivity contribution in [3.05, 3.63) is 60.2 Å². The fourth-order valence-electron chi connectivity index (χ4n) is 8.22. The maximum Gasteiger partial charge on any atom is 0.254 e. The van der Waals surface area contributed by atoms with E-state index < -0.39 is 10.0 Å². The van der Waals surface area contributed by atoms with Crippen molar-refractivity contribution in [2.75, 3.05) is 40.0 Å². The zero-order valence-electron chi connectivity index (χ0n) is 28.3. The highest BCUT2D eigenvalue weighted by molar-refractivity contribution is 7.89. The number of nitrogens with two attached hydrogens (primary N) is 1. The number of methoxy groups -OCH3 is 1. The van der Waals surface area contributed by atoms with Gasteiger partial charge < -0.3 is 29.2 Å². The quantitative estimate of drug-likeness (QED) is 0.254. The van der Waals surface area contributed by atoms with Crippen molar-refractivity contribution in [3.8, 4) is 28.5 Å². The number of ether oxygens (including phenoxy) is 2. The van der Waals surface area contributed by atoms with Crippen LogP contribution in [0.3, 0.4) is 0 Å². The van der Waals surface area contributed by atoms with Crippen LogP contribution in [0.1, 0.15) is 36.0 Å². The first kappa shape index (κ1) is 31.7. The van der Waals surface area contributed by atoms with Gasteiger partial charge in [0.25, 0.3) is 5.91 Å². The van der Waals surface area contributed by atoms with Crippen molar-refractivity contribution >= 4 is 38.0 Å². The van der Waals surface area contributed by atoms with Crippen LogP contribution in [0.5, 0.6) is 5.75 Å². The first-order valence-electron chi connectivity index (χ1n) is 17.5. The van der Waals surface area contributed by atoms with Crippen molar-refractivity contribution in [1.82, 2.24) is 28.3 Å². The Labute approximate surface area is 290 Å². The second kappa shape index (κ2) is 11.9. The number of benzene rings is 2. The van der Waals surface area contributed by atoms with E-state index in [0.717, 1.165) is 58.7 Å². The zero-order chi connectivity index (χ0) is 34.3. The van der Waals surface area contributed by atoms with Crippen LogP contribution in [0.2, 0.25) is 0 Å². The molecule has 2 aliphatic carbocycles. The zero-order valence-corrected chi connectivity index (χ0v) is 29.1. The fourth-order valence-corrected chi connectivity index (χ4v) is 9.63. The van der Waals surface area contributed by atoms with Gasteiger partial charge in [0, 0.05) is 61.8 Å². The van der Waals surface area contributed by atoms with Crippen molar-refractivity contribution < 1.29 is 22.7 Å². The van der Waals surface area contributed by atoms with E-state index in [2.05, 4.69) is 16.7 Å². The lowest BCUT2D eigenvalue weighted by atomic mass is 10.1. The molecule has 13 heteroatoms. The van der Waals surface area contributed by atoms with Crippen LogP contribution in [-0.4, -0.2) is 94.7 Å². The fraction of sp³-hybridized carbons (Fsp3) is 0.432. The minimum Gasteiger partial charge on any atom is -0.494 e. The Hall–Kier alpha value is -4.30. The van der Waals surface area contributed by atoms with Gasteiger partial charge in [-0.15, -0.1) is 0 Å². The normalized spacial score (nSPS) is 22.6. The summed E-state index contributed by atoms with van der Waals surface area (Å²) in [6.45, 7) is 3.03. The summed E-state index contributed by atoms with van der Waals surface area (Å²) in [7, 11) is 0.0239. The summed E-state index contributed by atoms with van der Waals surface area (Å²) in [4.78, 5) is 26.3. The summed E-state index contributed by atoms with van der Waals surface area (Å²) in [5.41, 5.74) is 11.9. The molecule has 5 aromatic rings. The van der Waals surface area contributed by atoms with Gasteiger partial charge in [0.05, 0.1) is 42.1 Å². The number of morpholine rings is 1. The number of amides is 1. The van der Waals surface area contributed by atoms with Crippen molar-refractivity contribution in [2.45, 2.75) is 49.2 Å². The number of fused-ring (bicyclic) bond motifs is 4. The van der Waals surface area contributed by atoms with E-state index in [-0.39, 0.29) is 22.9 Å². The third kappa shape index (κ3) is 5.12. The molecule has 9 rings (SSSR count). The molecule has 12 nitrogen and oxygen atoms in total. The number of imidazole rings is 1. The van der Waals surface area contributed by atoms with Crippen LogP contribution in [-0.2, 0) is 28.4 Å². The molecule has 2 unspecified atom stereocenters. The molecule has 2 bridgehead atoms. The predicted octanol–water partition coefficient (Wildman–Crippen LogP) is 4.26. The Balaban J connectivity index is 1.08. The number of hydrogen-bond acceptors (Lipinski definition) is 8. The van der Waals surface area contributed by atoms with Gasteiger partial charge in [-0.3, -0.25) is 4.79 Å². The molecule has 0 radical (unpaired) electrons. The maximum atomic E-state index is 13.8. The van der Waals surface area contributed by atoms with Gasteiger partial charge in [0.15, 0.2) is 5.82 Å². The molecule has 260 valence electrons. The summed E-state index contributed by atoms with van der Waals surface area (Å²) in [5.74, 6) is 2.28. The number of aryl methyl sites for hydroxylation is 1. The Morgan fingerprint density at radius 3 is 2.46 bits per heavy atom. The monoisotopic (exact) mass is 695 g/mol. The van der Waals surface area contributed by atoms with Crippen LogP contribution in [0.15, 0.2) is 59.5 Å². The molecule has 0 spiro atoms. The summed E-state index contributed by atoms with van der Waals surface area (Å²) in [6, 6.07) is 17.0. The van der Waals surface area contributed by atoms with E-state index in [1.54, 1.807) is 19.2 Å².